The number of hydrogen-bond donors (Lipinski definition) is 2. The first-order valence-electron chi connectivity index (χ1n) is 4.23. The summed E-state index contributed by atoms with van der Waals surface area (Å²) in [4.78, 5) is 10.5. The molecule has 0 spiro atoms. The second kappa shape index (κ2) is 4.62. The molecule has 0 aromatic heterocycles. The van der Waals surface area contributed by atoms with Crippen molar-refractivity contribution in [3.8, 4) is 0 Å². The quantitative estimate of drug-likeness (QED) is 0.524. The van der Waals surface area contributed by atoms with Gasteiger partial charge in [0.1, 0.15) is 6.29 Å². The van der Waals surface area contributed by atoms with Crippen LogP contribution in [0.2, 0.25) is 0 Å². The van der Waals surface area contributed by atoms with Crippen LogP contribution < -0.4 is 11.1 Å². The molecule has 0 aliphatic carbocycles. The summed E-state index contributed by atoms with van der Waals surface area (Å²) in [7, 11) is 1.77. The number of nitrogen functional groups attached to an aromatic ring is 1. The zero-order valence-electron chi connectivity index (χ0n) is 7.66. The Morgan fingerprint density at radius 2 is 2.08 bits per heavy atom. The molecular weight excluding hydrogens is 164 g/mol. The molecule has 0 saturated heterocycles. The van der Waals surface area contributed by atoms with Gasteiger partial charge in [0.25, 0.3) is 0 Å². The highest BCUT2D eigenvalue weighted by atomic mass is 16.1. The van der Waals surface area contributed by atoms with Crippen LogP contribution in [-0.4, -0.2) is 19.4 Å². The number of likely N-dealkylation sites (N-methyl/N-ethyl adjacent to an activating group) is 1. The first kappa shape index (κ1) is 9.74. The van der Waals surface area contributed by atoms with Gasteiger partial charge in [0.15, 0.2) is 0 Å². The Bertz CT molecular complexity index is 269. The highest BCUT2D eigenvalue weighted by Gasteiger charge is 2.04. The number of benzene rings is 1. The van der Waals surface area contributed by atoms with E-state index in [-0.39, 0.29) is 6.04 Å². The number of rotatable bonds is 4. The Hall–Kier alpha value is -1.35. The van der Waals surface area contributed by atoms with Crippen LogP contribution in [0.4, 0.5) is 5.69 Å². The van der Waals surface area contributed by atoms with Crippen molar-refractivity contribution < 1.29 is 4.79 Å². The molecule has 70 valence electrons. The van der Waals surface area contributed by atoms with E-state index < -0.39 is 0 Å². The molecule has 0 aliphatic rings. The van der Waals surface area contributed by atoms with Crippen molar-refractivity contribution in [3.63, 3.8) is 0 Å². The predicted molar refractivity (Wildman–Crippen MR) is 53.5 cm³/mol. The average molecular weight is 178 g/mol. The summed E-state index contributed by atoms with van der Waals surface area (Å²) in [6.07, 6.45) is 1.62. The molecule has 0 aliphatic heterocycles. The van der Waals surface area contributed by atoms with Crippen LogP contribution in [-0.2, 0) is 11.2 Å². The maximum Gasteiger partial charge on any atom is 0.137 e. The highest BCUT2D eigenvalue weighted by molar-refractivity contribution is 5.58. The molecule has 0 amide bonds. The Morgan fingerprint density at radius 3 is 2.54 bits per heavy atom. The van der Waals surface area contributed by atoms with Crippen molar-refractivity contribution in [2.45, 2.75) is 12.5 Å². The summed E-state index contributed by atoms with van der Waals surface area (Å²) in [5.41, 5.74) is 7.40. The predicted octanol–water partition coefficient (Wildman–Crippen LogP) is 0.598. The molecule has 1 rings (SSSR count). The van der Waals surface area contributed by atoms with Crippen molar-refractivity contribution in [2.24, 2.45) is 0 Å². The van der Waals surface area contributed by atoms with Crippen LogP contribution in [0.3, 0.4) is 0 Å². The number of nitrogens with two attached hydrogens (primary N) is 1. The Labute approximate surface area is 77.9 Å². The van der Waals surface area contributed by atoms with Crippen molar-refractivity contribution in [3.05, 3.63) is 29.8 Å². The van der Waals surface area contributed by atoms with E-state index in [9.17, 15) is 4.79 Å². The van der Waals surface area contributed by atoms with Crippen LogP contribution in [0.5, 0.6) is 0 Å². The fourth-order valence-electron chi connectivity index (χ4n) is 1.13. The smallest absolute Gasteiger partial charge is 0.137 e. The fourth-order valence-corrected chi connectivity index (χ4v) is 1.13. The lowest BCUT2D eigenvalue weighted by molar-refractivity contribution is -0.109. The molecule has 0 fully saturated rings. The molecule has 0 heterocycles. The Balaban J connectivity index is 2.63. The third-order valence-corrected chi connectivity index (χ3v) is 1.97. The minimum atomic E-state index is -0.108. The Kier molecular flexibility index (Phi) is 3.46. The lowest BCUT2D eigenvalue weighted by Gasteiger charge is -2.08. The van der Waals surface area contributed by atoms with E-state index in [0.29, 0.717) is 6.42 Å². The van der Waals surface area contributed by atoms with E-state index >= 15 is 0 Å². The molecule has 3 nitrogen and oxygen atoms in total. The third-order valence-electron chi connectivity index (χ3n) is 1.97. The van der Waals surface area contributed by atoms with Crippen molar-refractivity contribution >= 4 is 12.0 Å². The molecule has 3 N–H and O–H groups in total. The van der Waals surface area contributed by atoms with E-state index in [0.717, 1.165) is 17.5 Å². The lowest BCUT2D eigenvalue weighted by Crippen LogP contribution is -2.28. The molecule has 13 heavy (non-hydrogen) atoms. The maximum atomic E-state index is 10.5. The van der Waals surface area contributed by atoms with Crippen LogP contribution in [0, 0.1) is 0 Å². The van der Waals surface area contributed by atoms with Gasteiger partial charge in [-0.25, -0.2) is 0 Å². The minimum Gasteiger partial charge on any atom is -0.399 e. The topological polar surface area (TPSA) is 55.1 Å². The molecular formula is C10H14N2O. The van der Waals surface area contributed by atoms with Crippen molar-refractivity contribution in [1.82, 2.24) is 5.32 Å². The monoisotopic (exact) mass is 178 g/mol. The largest absolute Gasteiger partial charge is 0.399 e. The highest BCUT2D eigenvalue weighted by Crippen LogP contribution is 2.06. The van der Waals surface area contributed by atoms with Crippen LogP contribution in [0.1, 0.15) is 5.56 Å². The normalized spacial score (nSPS) is 12.4. The molecule has 1 aromatic rings. The van der Waals surface area contributed by atoms with Gasteiger partial charge in [0, 0.05) is 5.69 Å². The molecule has 0 unspecified atom stereocenters. The standard InChI is InChI=1S/C10H14N2O/c1-12-10(7-13)6-8-2-4-9(11)5-3-8/h2-5,7,10,12H,6,11H2,1H3/t10-/m0/s1. The van der Waals surface area contributed by atoms with Crippen molar-refractivity contribution in [1.29, 1.82) is 0 Å². The average Bonchev–Trinajstić information content (AvgIpc) is 2.17. The summed E-state index contributed by atoms with van der Waals surface area (Å²) in [6, 6.07) is 7.44. The van der Waals surface area contributed by atoms with Gasteiger partial charge in [-0.05, 0) is 31.2 Å². The van der Waals surface area contributed by atoms with E-state index in [1.807, 2.05) is 24.3 Å². The van der Waals surface area contributed by atoms with Crippen LogP contribution in [0.15, 0.2) is 24.3 Å². The van der Waals surface area contributed by atoms with Gasteiger partial charge in [-0.2, -0.15) is 0 Å². The van der Waals surface area contributed by atoms with Gasteiger partial charge in [-0.15, -0.1) is 0 Å². The van der Waals surface area contributed by atoms with Crippen LogP contribution >= 0.6 is 0 Å². The van der Waals surface area contributed by atoms with Gasteiger partial charge in [-0.3, -0.25) is 0 Å². The summed E-state index contributed by atoms with van der Waals surface area (Å²) >= 11 is 0. The SMILES string of the molecule is CN[C@H](C=O)Cc1ccc(N)cc1. The summed E-state index contributed by atoms with van der Waals surface area (Å²) in [5.74, 6) is 0. The first-order valence-corrected chi connectivity index (χ1v) is 4.23. The minimum absolute atomic E-state index is 0.108. The molecule has 3 heteroatoms. The van der Waals surface area contributed by atoms with E-state index in [4.69, 9.17) is 5.73 Å². The summed E-state index contributed by atoms with van der Waals surface area (Å²) < 4.78 is 0. The zero-order valence-corrected chi connectivity index (χ0v) is 7.66. The zero-order chi connectivity index (χ0) is 9.68. The lowest BCUT2D eigenvalue weighted by atomic mass is 10.1. The number of carbonyl (C=O) groups is 1. The van der Waals surface area contributed by atoms with Gasteiger partial charge >= 0.3 is 0 Å². The molecule has 1 aromatic carbocycles. The number of hydrogen-bond acceptors (Lipinski definition) is 3. The number of nitrogens with one attached hydrogen (secondary N) is 1. The number of carbonyl (C=O) groups excluding carboxylic acids is 1. The molecule has 0 bridgehead atoms. The number of aldehydes is 1. The first-order chi connectivity index (χ1) is 6.26. The fraction of sp³-hybridized carbons (Fsp3) is 0.300. The van der Waals surface area contributed by atoms with E-state index in [1.165, 1.54) is 0 Å². The van der Waals surface area contributed by atoms with Gasteiger partial charge < -0.3 is 15.8 Å². The summed E-state index contributed by atoms with van der Waals surface area (Å²) in [5, 5.41) is 2.92. The molecule has 1 atom stereocenters. The Morgan fingerprint density at radius 1 is 1.46 bits per heavy atom. The van der Waals surface area contributed by atoms with E-state index in [2.05, 4.69) is 5.32 Å². The third kappa shape index (κ3) is 2.87. The summed E-state index contributed by atoms with van der Waals surface area (Å²) in [6.45, 7) is 0. The van der Waals surface area contributed by atoms with E-state index in [1.54, 1.807) is 7.05 Å². The van der Waals surface area contributed by atoms with Crippen molar-refractivity contribution in [2.75, 3.05) is 12.8 Å². The van der Waals surface area contributed by atoms with Crippen LogP contribution in [0.25, 0.3) is 0 Å². The van der Waals surface area contributed by atoms with Gasteiger partial charge in [0.05, 0.1) is 6.04 Å². The second-order valence-corrected chi connectivity index (χ2v) is 2.98. The molecule has 0 radical (unpaired) electrons. The van der Waals surface area contributed by atoms with Gasteiger partial charge in [0.2, 0.25) is 0 Å². The molecule has 0 saturated carbocycles. The van der Waals surface area contributed by atoms with Gasteiger partial charge in [-0.1, -0.05) is 12.1 Å². The number of anilines is 1. The second-order valence-electron chi connectivity index (χ2n) is 2.98. The maximum absolute atomic E-state index is 10.5.